The van der Waals surface area contributed by atoms with Gasteiger partial charge >= 0.3 is 0 Å². The maximum absolute atomic E-state index is 10.0. The van der Waals surface area contributed by atoms with E-state index in [4.69, 9.17) is 9.47 Å². The van der Waals surface area contributed by atoms with E-state index in [0.29, 0.717) is 6.42 Å². The molecule has 1 unspecified atom stereocenters. The molecule has 4 rings (SSSR count). The van der Waals surface area contributed by atoms with Crippen LogP contribution in [0.5, 0.6) is 11.5 Å². The highest BCUT2D eigenvalue weighted by Gasteiger charge is 2.52. The summed E-state index contributed by atoms with van der Waals surface area (Å²) >= 11 is 0. The molecule has 4 heteroatoms. The summed E-state index contributed by atoms with van der Waals surface area (Å²) < 4.78 is 11.9. The van der Waals surface area contributed by atoms with Gasteiger partial charge in [-0.3, -0.25) is 0 Å². The van der Waals surface area contributed by atoms with Crippen LogP contribution in [-0.2, 0) is 12.0 Å². The monoisotopic (exact) mass is 301 g/mol. The number of nitrogens with zero attached hydrogens (tertiary/aromatic N) is 1. The molecule has 0 radical (unpaired) electrons. The molecular weight excluding hydrogens is 278 g/mol. The van der Waals surface area contributed by atoms with Crippen LogP contribution in [0.25, 0.3) is 0 Å². The number of hydrogen-bond acceptors (Lipinski definition) is 4. The first-order valence-electron chi connectivity index (χ1n) is 7.99. The van der Waals surface area contributed by atoms with Gasteiger partial charge in [-0.1, -0.05) is 12.2 Å². The summed E-state index contributed by atoms with van der Waals surface area (Å²) in [6, 6.07) is 2.08. The zero-order valence-corrected chi connectivity index (χ0v) is 13.4. The molecule has 2 aliphatic heterocycles. The molecule has 0 saturated heterocycles. The van der Waals surface area contributed by atoms with Gasteiger partial charge in [-0.25, -0.2) is 0 Å². The lowest BCUT2D eigenvalue weighted by Gasteiger charge is -2.35. The third-order valence-electron chi connectivity index (χ3n) is 5.50. The molecule has 0 aromatic heterocycles. The van der Waals surface area contributed by atoms with Crippen molar-refractivity contribution in [1.29, 1.82) is 0 Å². The normalized spacial score (nSPS) is 32.9. The minimum Gasteiger partial charge on any atom is -0.493 e. The van der Waals surface area contributed by atoms with E-state index in [-0.39, 0.29) is 11.5 Å². The molecule has 118 valence electrons. The quantitative estimate of drug-likeness (QED) is 0.807. The molecule has 3 atom stereocenters. The zero-order valence-electron chi connectivity index (χ0n) is 13.4. The van der Waals surface area contributed by atoms with Crippen molar-refractivity contribution in [3.63, 3.8) is 0 Å². The fraction of sp³-hybridized carbons (Fsp3) is 0.556. The Hall–Kier alpha value is -1.52. The van der Waals surface area contributed by atoms with Crippen LogP contribution in [0.15, 0.2) is 18.2 Å². The Balaban J connectivity index is 2.00. The van der Waals surface area contributed by atoms with Crippen LogP contribution in [-0.4, -0.2) is 42.9 Å². The first kappa shape index (κ1) is 14.1. The van der Waals surface area contributed by atoms with Crippen molar-refractivity contribution in [1.82, 2.24) is 4.90 Å². The number of aliphatic hydroxyl groups is 1. The Bertz CT molecular complexity index is 654. The topological polar surface area (TPSA) is 41.9 Å². The van der Waals surface area contributed by atoms with Crippen molar-refractivity contribution in [3.8, 4) is 11.5 Å². The number of aryl methyl sites for hydroxylation is 1. The van der Waals surface area contributed by atoms with Gasteiger partial charge in [-0.05, 0) is 44.1 Å². The van der Waals surface area contributed by atoms with Gasteiger partial charge in [-0.2, -0.15) is 0 Å². The number of aliphatic hydroxyl groups excluding tert-OH is 1. The molecule has 2 heterocycles. The zero-order chi connectivity index (χ0) is 15.5. The maximum atomic E-state index is 10.0. The van der Waals surface area contributed by atoms with Gasteiger partial charge < -0.3 is 19.5 Å². The standard InChI is InChI=1S/C18H23NO3/c1-11-8-14(21-3)17-16-13(11)10-19(2)7-6-18(16)5-4-12(20)9-15(18)22-17/h4-5,8,12,15,20H,6-7,9-10H2,1-3H3/t12-,15-,18?/m1/s1. The van der Waals surface area contributed by atoms with Gasteiger partial charge in [0.05, 0.1) is 18.6 Å². The molecule has 1 aromatic carbocycles. The lowest BCUT2D eigenvalue weighted by Crippen LogP contribution is -2.42. The highest BCUT2D eigenvalue weighted by molar-refractivity contribution is 5.63. The molecule has 3 aliphatic rings. The molecule has 0 saturated carbocycles. The maximum Gasteiger partial charge on any atom is 0.166 e. The van der Waals surface area contributed by atoms with E-state index in [0.717, 1.165) is 31.0 Å². The summed E-state index contributed by atoms with van der Waals surface area (Å²) in [5.41, 5.74) is 3.79. The molecule has 0 fully saturated rings. The Labute approximate surface area is 131 Å². The molecule has 4 nitrogen and oxygen atoms in total. The minimum absolute atomic E-state index is 0.00319. The van der Waals surface area contributed by atoms with Gasteiger partial charge in [0.25, 0.3) is 0 Å². The van der Waals surface area contributed by atoms with Crippen molar-refractivity contribution in [2.24, 2.45) is 0 Å². The number of rotatable bonds is 1. The van der Waals surface area contributed by atoms with Crippen molar-refractivity contribution < 1.29 is 14.6 Å². The number of methoxy groups -OCH3 is 1. The summed E-state index contributed by atoms with van der Waals surface area (Å²) in [5.74, 6) is 1.71. The lowest BCUT2D eigenvalue weighted by molar-refractivity contribution is 0.0821. The van der Waals surface area contributed by atoms with Crippen molar-refractivity contribution in [2.75, 3.05) is 20.7 Å². The van der Waals surface area contributed by atoms with E-state index < -0.39 is 6.10 Å². The average molecular weight is 301 g/mol. The largest absolute Gasteiger partial charge is 0.493 e. The number of ether oxygens (including phenoxy) is 2. The predicted molar refractivity (Wildman–Crippen MR) is 84.5 cm³/mol. The molecule has 0 bridgehead atoms. The molecule has 22 heavy (non-hydrogen) atoms. The van der Waals surface area contributed by atoms with Gasteiger partial charge in [0.1, 0.15) is 6.10 Å². The second kappa shape index (κ2) is 4.74. The second-order valence-electron chi connectivity index (χ2n) is 6.88. The van der Waals surface area contributed by atoms with Gasteiger partial charge in [0.2, 0.25) is 0 Å². The summed E-state index contributed by atoms with van der Waals surface area (Å²) in [7, 11) is 3.87. The SMILES string of the molecule is COc1cc(C)c2c3c1O[C@@H]1C[C@H](O)C=CC31CCN(C)C2. The third kappa shape index (κ3) is 1.77. The Morgan fingerprint density at radius 3 is 3.05 bits per heavy atom. The first-order valence-corrected chi connectivity index (χ1v) is 7.99. The predicted octanol–water partition coefficient (Wildman–Crippen LogP) is 2.16. The molecule has 1 N–H and O–H groups in total. The smallest absolute Gasteiger partial charge is 0.166 e. The van der Waals surface area contributed by atoms with Crippen LogP contribution in [0.2, 0.25) is 0 Å². The average Bonchev–Trinajstić information content (AvgIpc) is 2.74. The fourth-order valence-electron chi connectivity index (χ4n) is 4.30. The fourth-order valence-corrected chi connectivity index (χ4v) is 4.30. The van der Waals surface area contributed by atoms with E-state index >= 15 is 0 Å². The number of hydrogen-bond donors (Lipinski definition) is 1. The van der Waals surface area contributed by atoms with E-state index in [9.17, 15) is 5.11 Å². The molecule has 1 spiro atoms. The van der Waals surface area contributed by atoms with E-state index in [1.165, 1.54) is 16.7 Å². The van der Waals surface area contributed by atoms with Gasteiger partial charge in [-0.15, -0.1) is 0 Å². The van der Waals surface area contributed by atoms with Crippen LogP contribution in [0.4, 0.5) is 0 Å². The lowest BCUT2D eigenvalue weighted by atomic mass is 9.68. The summed E-state index contributed by atoms with van der Waals surface area (Å²) in [4.78, 5) is 2.37. The van der Waals surface area contributed by atoms with Gasteiger partial charge in [0, 0.05) is 18.5 Å². The van der Waals surface area contributed by atoms with E-state index in [2.05, 4.69) is 31.0 Å². The molecular formula is C18H23NO3. The highest BCUT2D eigenvalue weighted by atomic mass is 16.5. The molecule has 1 aliphatic carbocycles. The van der Waals surface area contributed by atoms with Crippen LogP contribution in [0.3, 0.4) is 0 Å². The van der Waals surface area contributed by atoms with Gasteiger partial charge in [0.15, 0.2) is 11.5 Å². The summed E-state index contributed by atoms with van der Waals surface area (Å²) in [6.45, 7) is 4.11. The highest BCUT2D eigenvalue weighted by Crippen LogP contribution is 2.56. The first-order chi connectivity index (χ1) is 10.5. The summed E-state index contributed by atoms with van der Waals surface area (Å²) in [5, 5.41) is 10.0. The van der Waals surface area contributed by atoms with Crippen molar-refractivity contribution in [2.45, 2.75) is 43.9 Å². The molecule has 0 amide bonds. The van der Waals surface area contributed by atoms with Crippen LogP contribution in [0.1, 0.15) is 29.5 Å². The minimum atomic E-state index is -0.415. The van der Waals surface area contributed by atoms with E-state index in [1.807, 2.05) is 6.08 Å². The van der Waals surface area contributed by atoms with Crippen molar-refractivity contribution in [3.05, 3.63) is 34.9 Å². The Kier molecular flexibility index (Phi) is 3.03. The van der Waals surface area contributed by atoms with E-state index in [1.54, 1.807) is 7.11 Å². The number of benzene rings is 1. The molecule has 1 aromatic rings. The summed E-state index contributed by atoms with van der Waals surface area (Å²) in [6.07, 6.45) is 5.39. The van der Waals surface area contributed by atoms with Crippen LogP contribution < -0.4 is 9.47 Å². The van der Waals surface area contributed by atoms with Crippen LogP contribution in [0, 0.1) is 6.92 Å². The third-order valence-corrected chi connectivity index (χ3v) is 5.50. The Morgan fingerprint density at radius 1 is 1.45 bits per heavy atom. The Morgan fingerprint density at radius 2 is 2.27 bits per heavy atom. The van der Waals surface area contributed by atoms with Crippen LogP contribution >= 0.6 is 0 Å². The second-order valence-corrected chi connectivity index (χ2v) is 6.88. The van der Waals surface area contributed by atoms with Crippen molar-refractivity contribution >= 4 is 0 Å².